The molecule has 0 fully saturated rings. The van der Waals surface area contributed by atoms with E-state index in [2.05, 4.69) is 35.8 Å². The largest absolute Gasteiger partial charge is 0.383 e. The van der Waals surface area contributed by atoms with Crippen LogP contribution in [0.25, 0.3) is 0 Å². The van der Waals surface area contributed by atoms with Crippen molar-refractivity contribution >= 4 is 0 Å². The van der Waals surface area contributed by atoms with Crippen molar-refractivity contribution in [1.82, 2.24) is 20.4 Å². The summed E-state index contributed by atoms with van der Waals surface area (Å²) < 4.78 is 6.88. The first-order chi connectivity index (χ1) is 8.67. The number of nitrogens with zero attached hydrogens (tertiary/aromatic N) is 2. The minimum absolute atomic E-state index is 0.437. The molecule has 1 heterocycles. The number of hydrogen-bond donors (Lipinski definition) is 2. The average molecular weight is 254 g/mol. The molecule has 0 saturated carbocycles. The van der Waals surface area contributed by atoms with Gasteiger partial charge in [-0.05, 0) is 13.3 Å². The molecule has 2 N–H and O–H groups in total. The highest BCUT2D eigenvalue weighted by Gasteiger charge is 2.07. The molecule has 0 saturated heterocycles. The molecule has 0 aliphatic heterocycles. The van der Waals surface area contributed by atoms with Crippen LogP contribution in [0.1, 0.15) is 25.1 Å². The van der Waals surface area contributed by atoms with Gasteiger partial charge in [-0.15, -0.1) is 0 Å². The van der Waals surface area contributed by atoms with Crippen LogP contribution in [-0.4, -0.2) is 42.6 Å². The Hall–Kier alpha value is -0.910. The lowest BCUT2D eigenvalue weighted by molar-refractivity contribution is 0.198. The number of aryl methyl sites for hydroxylation is 2. The summed E-state index contributed by atoms with van der Waals surface area (Å²) >= 11 is 0. The monoisotopic (exact) mass is 254 g/mol. The van der Waals surface area contributed by atoms with Crippen molar-refractivity contribution in [3.8, 4) is 0 Å². The average Bonchev–Trinajstić information content (AvgIpc) is 2.72. The van der Waals surface area contributed by atoms with Gasteiger partial charge in [-0.25, -0.2) is 0 Å². The molecule has 0 aliphatic rings. The van der Waals surface area contributed by atoms with Crippen molar-refractivity contribution in [2.45, 2.75) is 32.9 Å². The summed E-state index contributed by atoms with van der Waals surface area (Å²) in [5.41, 5.74) is 2.48. The second-order valence-corrected chi connectivity index (χ2v) is 4.61. The molecule has 5 heteroatoms. The third-order valence-corrected chi connectivity index (χ3v) is 2.90. The number of methoxy groups -OCH3 is 1. The van der Waals surface area contributed by atoms with Gasteiger partial charge in [0.25, 0.3) is 0 Å². The molecule has 1 atom stereocenters. The van der Waals surface area contributed by atoms with Crippen molar-refractivity contribution in [3.05, 3.63) is 17.5 Å². The molecular weight excluding hydrogens is 228 g/mol. The predicted molar refractivity (Wildman–Crippen MR) is 73.6 cm³/mol. The molecule has 0 aromatic carbocycles. The smallest absolute Gasteiger partial charge is 0.0666 e. The predicted octanol–water partition coefficient (Wildman–Crippen LogP) is 0.697. The van der Waals surface area contributed by atoms with Gasteiger partial charge in [0.1, 0.15) is 0 Å². The maximum absolute atomic E-state index is 4.99. The Kier molecular flexibility index (Phi) is 6.93. The number of aromatic nitrogens is 2. The molecule has 0 amide bonds. The molecule has 1 rings (SSSR count). The molecule has 18 heavy (non-hydrogen) atoms. The SMILES string of the molecule is CCc1nn(C)cc1CNC(C)CNCCOC. The minimum Gasteiger partial charge on any atom is -0.383 e. The first-order valence-corrected chi connectivity index (χ1v) is 6.61. The molecule has 0 bridgehead atoms. The van der Waals surface area contributed by atoms with Crippen LogP contribution in [0.2, 0.25) is 0 Å². The van der Waals surface area contributed by atoms with Crippen LogP contribution in [-0.2, 0) is 24.8 Å². The van der Waals surface area contributed by atoms with E-state index >= 15 is 0 Å². The zero-order chi connectivity index (χ0) is 13.4. The summed E-state index contributed by atoms with van der Waals surface area (Å²) in [7, 11) is 3.69. The van der Waals surface area contributed by atoms with Crippen LogP contribution in [0.5, 0.6) is 0 Å². The van der Waals surface area contributed by atoms with E-state index in [4.69, 9.17) is 4.74 Å². The third-order valence-electron chi connectivity index (χ3n) is 2.90. The highest BCUT2D eigenvalue weighted by atomic mass is 16.5. The molecule has 1 unspecified atom stereocenters. The summed E-state index contributed by atoms with van der Waals surface area (Å²) in [4.78, 5) is 0. The summed E-state index contributed by atoms with van der Waals surface area (Å²) in [5.74, 6) is 0. The van der Waals surface area contributed by atoms with Gasteiger partial charge in [-0.2, -0.15) is 5.10 Å². The summed E-state index contributed by atoms with van der Waals surface area (Å²) in [6.45, 7) is 7.81. The van der Waals surface area contributed by atoms with Gasteiger partial charge in [0.2, 0.25) is 0 Å². The molecule has 0 spiro atoms. The Balaban J connectivity index is 2.26. The highest BCUT2D eigenvalue weighted by molar-refractivity contribution is 5.16. The van der Waals surface area contributed by atoms with Gasteiger partial charge in [0.15, 0.2) is 0 Å². The van der Waals surface area contributed by atoms with Crippen LogP contribution in [0, 0.1) is 0 Å². The van der Waals surface area contributed by atoms with Gasteiger partial charge in [0, 0.05) is 51.6 Å². The Morgan fingerprint density at radius 1 is 1.50 bits per heavy atom. The Labute approximate surface area is 110 Å². The first-order valence-electron chi connectivity index (χ1n) is 6.61. The van der Waals surface area contributed by atoms with Crippen LogP contribution in [0.4, 0.5) is 0 Å². The second-order valence-electron chi connectivity index (χ2n) is 4.61. The van der Waals surface area contributed by atoms with Gasteiger partial charge in [-0.1, -0.05) is 6.92 Å². The minimum atomic E-state index is 0.437. The standard InChI is InChI=1S/C13H26N4O/c1-5-13-12(10-17(3)16-13)9-15-11(2)8-14-6-7-18-4/h10-11,14-15H,5-9H2,1-4H3. The highest BCUT2D eigenvalue weighted by Crippen LogP contribution is 2.06. The van der Waals surface area contributed by atoms with Crippen LogP contribution in [0.3, 0.4) is 0 Å². The van der Waals surface area contributed by atoms with Crippen LogP contribution < -0.4 is 10.6 Å². The van der Waals surface area contributed by atoms with E-state index in [1.807, 2.05) is 11.7 Å². The van der Waals surface area contributed by atoms with Crippen LogP contribution >= 0.6 is 0 Å². The fraction of sp³-hybridized carbons (Fsp3) is 0.769. The maximum atomic E-state index is 4.99. The second kappa shape index (κ2) is 8.24. The van der Waals surface area contributed by atoms with Gasteiger partial charge in [0.05, 0.1) is 12.3 Å². The lowest BCUT2D eigenvalue weighted by Gasteiger charge is -2.14. The zero-order valence-electron chi connectivity index (χ0n) is 12.0. The topological polar surface area (TPSA) is 51.1 Å². The quantitative estimate of drug-likeness (QED) is 0.637. The number of nitrogens with one attached hydrogen (secondary N) is 2. The van der Waals surface area contributed by atoms with E-state index in [1.54, 1.807) is 7.11 Å². The normalized spacial score (nSPS) is 12.9. The van der Waals surface area contributed by atoms with E-state index < -0.39 is 0 Å². The molecule has 1 aromatic rings. The van der Waals surface area contributed by atoms with Crippen LogP contribution in [0.15, 0.2) is 6.20 Å². The van der Waals surface area contributed by atoms with E-state index in [0.29, 0.717) is 6.04 Å². The molecule has 0 aliphatic carbocycles. The summed E-state index contributed by atoms with van der Waals surface area (Å²) in [6, 6.07) is 0.437. The van der Waals surface area contributed by atoms with E-state index in [1.165, 1.54) is 11.3 Å². The fourth-order valence-electron chi connectivity index (χ4n) is 1.88. The lowest BCUT2D eigenvalue weighted by Crippen LogP contribution is -2.37. The van der Waals surface area contributed by atoms with Crippen molar-refractivity contribution in [1.29, 1.82) is 0 Å². The Morgan fingerprint density at radius 2 is 2.28 bits per heavy atom. The molecule has 5 nitrogen and oxygen atoms in total. The summed E-state index contributed by atoms with van der Waals surface area (Å²) in [5, 5.41) is 11.3. The fourth-order valence-corrected chi connectivity index (χ4v) is 1.88. The first kappa shape index (κ1) is 15.1. The van der Waals surface area contributed by atoms with Crippen molar-refractivity contribution in [2.24, 2.45) is 7.05 Å². The summed E-state index contributed by atoms with van der Waals surface area (Å²) in [6.07, 6.45) is 3.08. The van der Waals surface area contributed by atoms with Gasteiger partial charge in [-0.3, -0.25) is 4.68 Å². The van der Waals surface area contributed by atoms with Crippen molar-refractivity contribution in [2.75, 3.05) is 26.8 Å². The van der Waals surface area contributed by atoms with E-state index in [0.717, 1.165) is 32.7 Å². The van der Waals surface area contributed by atoms with E-state index in [9.17, 15) is 0 Å². The zero-order valence-corrected chi connectivity index (χ0v) is 12.0. The lowest BCUT2D eigenvalue weighted by atomic mass is 10.2. The van der Waals surface area contributed by atoms with Crippen molar-refractivity contribution < 1.29 is 4.74 Å². The molecule has 104 valence electrons. The molecular formula is C13H26N4O. The molecule has 0 radical (unpaired) electrons. The Morgan fingerprint density at radius 3 is 2.94 bits per heavy atom. The van der Waals surface area contributed by atoms with Gasteiger partial charge < -0.3 is 15.4 Å². The maximum Gasteiger partial charge on any atom is 0.0666 e. The third kappa shape index (κ3) is 5.16. The molecule has 1 aromatic heterocycles. The van der Waals surface area contributed by atoms with Crippen molar-refractivity contribution in [3.63, 3.8) is 0 Å². The number of ether oxygens (including phenoxy) is 1. The Bertz CT molecular complexity index is 338. The van der Waals surface area contributed by atoms with Gasteiger partial charge >= 0.3 is 0 Å². The number of rotatable bonds is 9. The number of hydrogen-bond acceptors (Lipinski definition) is 4. The van der Waals surface area contributed by atoms with E-state index in [-0.39, 0.29) is 0 Å².